The van der Waals surface area contributed by atoms with E-state index in [1.807, 2.05) is 0 Å². The lowest BCUT2D eigenvalue weighted by Crippen LogP contribution is -2.17. The number of esters is 1. The molecule has 10 nitrogen and oxygen atoms in total. The summed E-state index contributed by atoms with van der Waals surface area (Å²) in [5.74, 6) is -1.29. The van der Waals surface area contributed by atoms with Crippen molar-refractivity contribution < 1.29 is 28.9 Å². The minimum atomic E-state index is -0.974. The zero-order valence-electron chi connectivity index (χ0n) is 16.2. The maximum Gasteiger partial charge on any atom is 0.412 e. The minimum Gasteiger partial charge on any atom is -0.501 e. The highest BCUT2D eigenvalue weighted by atomic mass is 79.9. The maximum absolute atomic E-state index is 12.3. The number of aromatic amines is 1. The Kier molecular flexibility index (Phi) is 6.92. The van der Waals surface area contributed by atoms with E-state index in [2.05, 4.69) is 36.0 Å². The number of aromatic nitrogens is 2. The minimum absolute atomic E-state index is 0.0258. The van der Waals surface area contributed by atoms with Gasteiger partial charge >= 0.3 is 12.1 Å². The van der Waals surface area contributed by atoms with E-state index in [-0.39, 0.29) is 12.4 Å². The molecule has 0 aliphatic carbocycles. The number of methoxy groups -OCH3 is 2. The summed E-state index contributed by atoms with van der Waals surface area (Å²) in [6.45, 7) is -0.0469. The molecule has 2 aromatic heterocycles. The van der Waals surface area contributed by atoms with E-state index in [4.69, 9.17) is 9.47 Å². The number of carbonyl (C=O) groups is 2. The van der Waals surface area contributed by atoms with Crippen molar-refractivity contribution >= 4 is 45.0 Å². The predicted molar refractivity (Wildman–Crippen MR) is 116 cm³/mol. The fourth-order valence-electron chi connectivity index (χ4n) is 2.55. The van der Waals surface area contributed by atoms with Gasteiger partial charge in [-0.1, -0.05) is 15.9 Å². The number of anilines is 1. The Hall–Kier alpha value is -3.38. The van der Waals surface area contributed by atoms with Crippen LogP contribution in [0.25, 0.3) is 10.7 Å². The lowest BCUT2D eigenvalue weighted by atomic mass is 10.2. The number of nitrogens with one attached hydrogen (secondary N) is 2. The molecule has 0 aliphatic rings. The SMILES string of the molecule is COC(=O)c1nc(-c2sccc2NC(=O)OCc2cc(Br)ccc2OC)[nH]c(=O)c1O. The van der Waals surface area contributed by atoms with E-state index in [0.29, 0.717) is 21.9 Å². The molecule has 1 amide bonds. The third-order valence-electron chi connectivity index (χ3n) is 3.99. The smallest absolute Gasteiger partial charge is 0.412 e. The number of ether oxygens (including phenoxy) is 3. The fraction of sp³-hybridized carbons (Fsp3) is 0.158. The number of benzene rings is 1. The van der Waals surface area contributed by atoms with Crippen LogP contribution in [0.3, 0.4) is 0 Å². The largest absolute Gasteiger partial charge is 0.501 e. The van der Waals surface area contributed by atoms with Crippen LogP contribution in [-0.2, 0) is 16.1 Å². The Labute approximate surface area is 187 Å². The highest BCUT2D eigenvalue weighted by Crippen LogP contribution is 2.32. The average molecular weight is 510 g/mol. The van der Waals surface area contributed by atoms with Gasteiger partial charge in [0, 0.05) is 10.0 Å². The van der Waals surface area contributed by atoms with Gasteiger partial charge in [-0.15, -0.1) is 11.3 Å². The highest BCUT2D eigenvalue weighted by molar-refractivity contribution is 9.10. The molecule has 0 saturated carbocycles. The van der Waals surface area contributed by atoms with Crippen molar-refractivity contribution in [1.29, 1.82) is 0 Å². The number of thiophene rings is 1. The topological polar surface area (TPSA) is 140 Å². The molecule has 0 aliphatic heterocycles. The van der Waals surface area contributed by atoms with Crippen LogP contribution in [0.2, 0.25) is 0 Å². The van der Waals surface area contributed by atoms with Crippen LogP contribution >= 0.6 is 27.3 Å². The number of halogens is 1. The van der Waals surface area contributed by atoms with Gasteiger partial charge in [-0.3, -0.25) is 10.1 Å². The van der Waals surface area contributed by atoms with Gasteiger partial charge in [-0.2, -0.15) is 0 Å². The van der Waals surface area contributed by atoms with E-state index < -0.39 is 29.1 Å². The van der Waals surface area contributed by atoms with Crippen molar-refractivity contribution in [3.63, 3.8) is 0 Å². The molecule has 0 radical (unpaired) electrons. The van der Waals surface area contributed by atoms with Gasteiger partial charge in [0.2, 0.25) is 5.75 Å². The summed E-state index contributed by atoms with van der Waals surface area (Å²) in [4.78, 5) is 42.7. The Morgan fingerprint density at radius 2 is 2.06 bits per heavy atom. The molecule has 2 heterocycles. The normalized spacial score (nSPS) is 10.4. The Balaban J connectivity index is 1.79. The van der Waals surface area contributed by atoms with Crippen LogP contribution in [0.15, 0.2) is 38.9 Å². The number of carbonyl (C=O) groups excluding carboxylic acids is 2. The number of hydrogen-bond acceptors (Lipinski definition) is 9. The lowest BCUT2D eigenvalue weighted by molar-refractivity contribution is 0.0590. The molecule has 0 spiro atoms. The molecule has 0 atom stereocenters. The van der Waals surface area contributed by atoms with Gasteiger partial charge in [-0.25, -0.2) is 14.6 Å². The second kappa shape index (κ2) is 9.62. The Bertz CT molecular complexity index is 1190. The van der Waals surface area contributed by atoms with Gasteiger partial charge in [0.1, 0.15) is 12.4 Å². The van der Waals surface area contributed by atoms with Crippen molar-refractivity contribution in [2.75, 3.05) is 19.5 Å². The summed E-state index contributed by atoms with van der Waals surface area (Å²) in [5.41, 5.74) is -0.510. The molecule has 0 unspecified atom stereocenters. The molecule has 162 valence electrons. The Morgan fingerprint density at radius 3 is 2.77 bits per heavy atom. The predicted octanol–water partition coefficient (Wildman–Crippen LogP) is 3.51. The van der Waals surface area contributed by atoms with Crippen molar-refractivity contribution in [1.82, 2.24) is 9.97 Å². The summed E-state index contributed by atoms with van der Waals surface area (Å²) >= 11 is 4.50. The summed E-state index contributed by atoms with van der Waals surface area (Å²) in [6, 6.07) is 6.88. The molecule has 0 bridgehead atoms. The van der Waals surface area contributed by atoms with Crippen LogP contribution in [-0.4, -0.2) is 41.4 Å². The molecular weight excluding hydrogens is 494 g/mol. The second-order valence-electron chi connectivity index (χ2n) is 5.92. The average Bonchev–Trinajstić information content (AvgIpc) is 3.21. The molecular formula is C19H16BrN3O7S. The summed E-state index contributed by atoms with van der Waals surface area (Å²) in [7, 11) is 2.61. The molecule has 3 aromatic rings. The molecule has 0 saturated heterocycles. The van der Waals surface area contributed by atoms with Gasteiger partial charge < -0.3 is 24.3 Å². The van der Waals surface area contributed by atoms with Crippen LogP contribution in [0.5, 0.6) is 11.5 Å². The number of hydrogen-bond donors (Lipinski definition) is 3. The zero-order valence-corrected chi connectivity index (χ0v) is 18.6. The van der Waals surface area contributed by atoms with Crippen molar-refractivity contribution in [2.45, 2.75) is 6.61 Å². The van der Waals surface area contributed by atoms with E-state index in [1.54, 1.807) is 29.6 Å². The standard InChI is InChI=1S/C19H16BrN3O7S/c1-28-12-4-3-10(20)7-9(12)8-30-19(27)21-11-5-6-31-15(11)16-22-13(18(26)29-2)14(24)17(25)23-16/h3-7,24H,8H2,1-2H3,(H,21,27)(H,22,23,25). The van der Waals surface area contributed by atoms with Crippen molar-refractivity contribution in [2.24, 2.45) is 0 Å². The quantitative estimate of drug-likeness (QED) is 0.428. The monoisotopic (exact) mass is 509 g/mol. The first-order valence-electron chi connectivity index (χ1n) is 8.59. The van der Waals surface area contributed by atoms with Crippen LogP contribution in [0.4, 0.5) is 10.5 Å². The molecule has 1 aromatic carbocycles. The van der Waals surface area contributed by atoms with Gasteiger partial charge in [0.05, 0.1) is 24.8 Å². The highest BCUT2D eigenvalue weighted by Gasteiger charge is 2.21. The van der Waals surface area contributed by atoms with Crippen LogP contribution < -0.4 is 15.6 Å². The van der Waals surface area contributed by atoms with E-state index in [1.165, 1.54) is 7.11 Å². The Morgan fingerprint density at radius 1 is 1.29 bits per heavy atom. The first kappa shape index (κ1) is 22.3. The third kappa shape index (κ3) is 5.03. The molecule has 12 heteroatoms. The molecule has 3 N–H and O–H groups in total. The maximum atomic E-state index is 12.3. The third-order valence-corrected chi connectivity index (χ3v) is 5.41. The van der Waals surface area contributed by atoms with Crippen molar-refractivity contribution in [3.05, 3.63) is 55.7 Å². The van der Waals surface area contributed by atoms with Crippen molar-refractivity contribution in [3.8, 4) is 22.2 Å². The van der Waals surface area contributed by atoms with E-state index >= 15 is 0 Å². The molecule has 0 fully saturated rings. The number of aromatic hydroxyl groups is 1. The van der Waals surface area contributed by atoms with E-state index in [9.17, 15) is 19.5 Å². The first-order valence-corrected chi connectivity index (χ1v) is 10.3. The van der Waals surface area contributed by atoms with Gasteiger partial charge in [0.15, 0.2) is 11.5 Å². The summed E-state index contributed by atoms with van der Waals surface area (Å²) < 4.78 is 15.8. The van der Waals surface area contributed by atoms with E-state index in [0.717, 1.165) is 22.9 Å². The van der Waals surface area contributed by atoms with Gasteiger partial charge in [-0.05, 0) is 29.6 Å². The number of rotatable bonds is 6. The van der Waals surface area contributed by atoms with Crippen LogP contribution in [0.1, 0.15) is 16.1 Å². The summed E-state index contributed by atoms with van der Waals surface area (Å²) in [6.07, 6.45) is -0.754. The fourth-order valence-corrected chi connectivity index (χ4v) is 3.76. The number of H-pyrrole nitrogens is 1. The number of amides is 1. The molecule has 31 heavy (non-hydrogen) atoms. The zero-order chi connectivity index (χ0) is 22.5. The number of nitrogens with zero attached hydrogens (tertiary/aromatic N) is 1. The lowest BCUT2D eigenvalue weighted by Gasteiger charge is -2.11. The summed E-state index contributed by atoms with van der Waals surface area (Å²) in [5, 5.41) is 14.0. The van der Waals surface area contributed by atoms with Crippen LogP contribution in [0, 0.1) is 0 Å². The van der Waals surface area contributed by atoms with Gasteiger partial charge in [0.25, 0.3) is 5.56 Å². The molecule has 3 rings (SSSR count). The first-order chi connectivity index (χ1) is 14.8. The second-order valence-corrected chi connectivity index (χ2v) is 7.76.